The molecule has 2 aromatic rings. The summed E-state index contributed by atoms with van der Waals surface area (Å²) in [4.78, 5) is 15.0. The lowest BCUT2D eigenvalue weighted by atomic mass is 9.86. The molecule has 1 aliphatic rings. The summed E-state index contributed by atoms with van der Waals surface area (Å²) in [5, 5.41) is 1.54. The van der Waals surface area contributed by atoms with Crippen LogP contribution in [0.3, 0.4) is 0 Å². The molecule has 0 radical (unpaired) electrons. The van der Waals surface area contributed by atoms with Gasteiger partial charge in [-0.05, 0) is 36.8 Å². The lowest BCUT2D eigenvalue weighted by molar-refractivity contribution is 0.181. The molecular formula is C17H20ClNO2. The molecule has 3 rings (SSSR count). The Balaban J connectivity index is 1.94. The van der Waals surface area contributed by atoms with Crippen LogP contribution in [0.5, 0.6) is 5.75 Å². The first-order chi connectivity index (χ1) is 10.0. The van der Waals surface area contributed by atoms with Gasteiger partial charge in [0.2, 0.25) is 0 Å². The van der Waals surface area contributed by atoms with Crippen LogP contribution in [0.2, 0.25) is 5.02 Å². The Kier molecular flexibility index (Phi) is 3.94. The number of hydrogen-bond donors (Lipinski definition) is 1. The molecule has 0 amide bonds. The van der Waals surface area contributed by atoms with Gasteiger partial charge in [0.1, 0.15) is 5.75 Å². The van der Waals surface area contributed by atoms with Crippen molar-refractivity contribution in [3.63, 3.8) is 0 Å². The third-order valence-electron chi connectivity index (χ3n) is 4.25. The minimum atomic E-state index is -0.0373. The largest absolute Gasteiger partial charge is 0.492 e. The summed E-state index contributed by atoms with van der Waals surface area (Å²) in [6.07, 6.45) is 3.77. The summed E-state index contributed by atoms with van der Waals surface area (Å²) in [6, 6.07) is 5.62. The highest BCUT2D eigenvalue weighted by Crippen LogP contribution is 2.32. The lowest BCUT2D eigenvalue weighted by Crippen LogP contribution is -2.19. The molecule has 1 N–H and O–H groups in total. The maximum Gasteiger partial charge on any atom is 0.251 e. The molecule has 1 aromatic carbocycles. The van der Waals surface area contributed by atoms with Crippen LogP contribution in [0.1, 0.15) is 44.6 Å². The maximum atomic E-state index is 12.1. The fraction of sp³-hybridized carbons (Fsp3) is 0.471. The number of fused-ring (bicyclic) bond motifs is 1. The van der Waals surface area contributed by atoms with Gasteiger partial charge in [0.15, 0.2) is 0 Å². The predicted octanol–water partition coefficient (Wildman–Crippen LogP) is 4.48. The fourth-order valence-corrected chi connectivity index (χ4v) is 2.86. The molecule has 1 fully saturated rings. The second-order valence-electron chi connectivity index (χ2n) is 6.19. The van der Waals surface area contributed by atoms with E-state index in [1.165, 1.54) is 19.3 Å². The van der Waals surface area contributed by atoms with Crippen LogP contribution in [-0.2, 0) is 0 Å². The van der Waals surface area contributed by atoms with Gasteiger partial charge in [0.25, 0.3) is 5.56 Å². The second-order valence-corrected chi connectivity index (χ2v) is 6.59. The van der Waals surface area contributed by atoms with E-state index in [4.69, 9.17) is 16.3 Å². The third-order valence-corrected chi connectivity index (χ3v) is 4.54. The van der Waals surface area contributed by atoms with Crippen LogP contribution in [0.4, 0.5) is 0 Å². The topological polar surface area (TPSA) is 42.1 Å². The van der Waals surface area contributed by atoms with E-state index in [1.54, 1.807) is 0 Å². The number of rotatable bonds is 4. The van der Waals surface area contributed by atoms with Crippen molar-refractivity contribution in [2.24, 2.45) is 5.92 Å². The van der Waals surface area contributed by atoms with Gasteiger partial charge in [0, 0.05) is 17.0 Å². The summed E-state index contributed by atoms with van der Waals surface area (Å²) >= 11 is 6.30. The minimum absolute atomic E-state index is 0.0373. The van der Waals surface area contributed by atoms with Crippen molar-refractivity contribution in [1.82, 2.24) is 4.98 Å². The highest BCUT2D eigenvalue weighted by atomic mass is 35.5. The van der Waals surface area contributed by atoms with E-state index in [0.717, 1.165) is 16.5 Å². The fourth-order valence-electron chi connectivity index (χ4n) is 2.63. The van der Waals surface area contributed by atoms with Crippen LogP contribution in [-0.4, -0.2) is 11.6 Å². The van der Waals surface area contributed by atoms with Crippen molar-refractivity contribution in [2.45, 2.75) is 39.0 Å². The van der Waals surface area contributed by atoms with Crippen molar-refractivity contribution in [1.29, 1.82) is 0 Å². The molecule has 1 aromatic heterocycles. The van der Waals surface area contributed by atoms with Gasteiger partial charge in [-0.2, -0.15) is 0 Å². The Labute approximate surface area is 129 Å². The molecule has 4 heteroatoms. The van der Waals surface area contributed by atoms with Gasteiger partial charge >= 0.3 is 0 Å². The van der Waals surface area contributed by atoms with Gasteiger partial charge < -0.3 is 9.72 Å². The number of aromatic nitrogens is 1. The van der Waals surface area contributed by atoms with Crippen molar-refractivity contribution in [2.75, 3.05) is 6.61 Å². The normalized spacial score (nSPS) is 15.4. The summed E-state index contributed by atoms with van der Waals surface area (Å²) in [7, 11) is 0. The molecule has 0 saturated heterocycles. The Morgan fingerprint density at radius 2 is 2.10 bits per heavy atom. The zero-order chi connectivity index (χ0) is 15.0. The van der Waals surface area contributed by atoms with E-state index < -0.39 is 0 Å². The van der Waals surface area contributed by atoms with E-state index >= 15 is 0 Å². The van der Waals surface area contributed by atoms with E-state index in [0.29, 0.717) is 23.3 Å². The molecule has 0 unspecified atom stereocenters. The maximum absolute atomic E-state index is 12.1. The van der Waals surface area contributed by atoms with Crippen LogP contribution in [0, 0.1) is 5.92 Å². The first-order valence-corrected chi connectivity index (χ1v) is 7.91. The van der Waals surface area contributed by atoms with Gasteiger partial charge in [-0.3, -0.25) is 4.79 Å². The van der Waals surface area contributed by atoms with Gasteiger partial charge in [-0.15, -0.1) is 0 Å². The SMILES string of the molecule is CC(C)c1cc2cc(Cl)c(OCC3CCC3)cc2[nH]c1=O. The molecule has 21 heavy (non-hydrogen) atoms. The average Bonchev–Trinajstić information content (AvgIpc) is 2.37. The van der Waals surface area contributed by atoms with E-state index in [9.17, 15) is 4.79 Å². The smallest absolute Gasteiger partial charge is 0.251 e. The number of benzene rings is 1. The quantitative estimate of drug-likeness (QED) is 0.904. The lowest BCUT2D eigenvalue weighted by Gasteiger charge is -2.25. The number of H-pyrrole nitrogens is 1. The Bertz CT molecular complexity index is 717. The number of ether oxygens (including phenoxy) is 1. The Hall–Kier alpha value is -1.48. The summed E-state index contributed by atoms with van der Waals surface area (Å²) in [6.45, 7) is 4.72. The molecule has 0 spiro atoms. The Morgan fingerprint density at radius 3 is 2.71 bits per heavy atom. The molecule has 0 bridgehead atoms. The summed E-state index contributed by atoms with van der Waals surface area (Å²) in [5.41, 5.74) is 1.52. The number of aromatic amines is 1. The number of nitrogens with one attached hydrogen (secondary N) is 1. The Morgan fingerprint density at radius 1 is 1.33 bits per heavy atom. The minimum Gasteiger partial charge on any atom is -0.492 e. The van der Waals surface area contributed by atoms with Crippen LogP contribution < -0.4 is 10.3 Å². The molecule has 112 valence electrons. The zero-order valence-corrected chi connectivity index (χ0v) is 13.2. The van der Waals surface area contributed by atoms with E-state index in [-0.39, 0.29) is 11.5 Å². The highest BCUT2D eigenvalue weighted by molar-refractivity contribution is 6.32. The van der Waals surface area contributed by atoms with Gasteiger partial charge in [-0.25, -0.2) is 0 Å². The monoisotopic (exact) mass is 305 g/mol. The third kappa shape index (κ3) is 2.93. The number of halogens is 1. The van der Waals surface area contributed by atoms with Crippen molar-refractivity contribution in [3.8, 4) is 5.75 Å². The van der Waals surface area contributed by atoms with E-state index in [2.05, 4.69) is 4.98 Å². The van der Waals surface area contributed by atoms with Crippen LogP contribution in [0.25, 0.3) is 10.9 Å². The standard InChI is InChI=1S/C17H20ClNO2/c1-10(2)13-6-12-7-14(18)16(8-15(12)19-17(13)20)21-9-11-4-3-5-11/h6-8,10-11H,3-5,9H2,1-2H3,(H,19,20). The second kappa shape index (κ2) is 5.72. The summed E-state index contributed by atoms with van der Waals surface area (Å²) < 4.78 is 5.81. The van der Waals surface area contributed by atoms with Crippen molar-refractivity contribution in [3.05, 3.63) is 39.1 Å². The first kappa shape index (κ1) is 14.5. The zero-order valence-electron chi connectivity index (χ0n) is 12.4. The molecule has 1 aliphatic carbocycles. The summed E-state index contributed by atoms with van der Waals surface area (Å²) in [5.74, 6) is 1.50. The molecular weight excluding hydrogens is 286 g/mol. The number of pyridine rings is 1. The van der Waals surface area contributed by atoms with Gasteiger partial charge in [-0.1, -0.05) is 31.9 Å². The van der Waals surface area contributed by atoms with Gasteiger partial charge in [0.05, 0.1) is 17.1 Å². The van der Waals surface area contributed by atoms with Crippen molar-refractivity contribution < 1.29 is 4.74 Å². The highest BCUT2D eigenvalue weighted by Gasteiger charge is 2.18. The van der Waals surface area contributed by atoms with Crippen molar-refractivity contribution >= 4 is 22.5 Å². The predicted molar refractivity (Wildman–Crippen MR) is 86.5 cm³/mol. The molecule has 1 heterocycles. The van der Waals surface area contributed by atoms with Crippen LogP contribution in [0.15, 0.2) is 23.0 Å². The van der Waals surface area contributed by atoms with E-state index in [1.807, 2.05) is 32.0 Å². The van der Waals surface area contributed by atoms with Crippen LogP contribution >= 0.6 is 11.6 Å². The average molecular weight is 306 g/mol. The first-order valence-electron chi connectivity index (χ1n) is 7.54. The molecule has 0 atom stereocenters. The molecule has 3 nitrogen and oxygen atoms in total. The molecule has 1 saturated carbocycles. The molecule has 0 aliphatic heterocycles. The number of hydrogen-bond acceptors (Lipinski definition) is 2.